The second kappa shape index (κ2) is 8.65. The normalized spacial score (nSPS) is 17.6. The molecule has 3 aromatic rings. The first-order valence-corrected chi connectivity index (χ1v) is 11.3. The Balaban J connectivity index is 1.23. The van der Waals surface area contributed by atoms with E-state index in [0.717, 1.165) is 37.6 Å². The van der Waals surface area contributed by atoms with Gasteiger partial charge in [0.1, 0.15) is 5.82 Å². The van der Waals surface area contributed by atoms with Crippen LogP contribution in [0.3, 0.4) is 0 Å². The van der Waals surface area contributed by atoms with Crippen molar-refractivity contribution in [1.82, 2.24) is 19.9 Å². The third-order valence-corrected chi connectivity index (χ3v) is 6.58. The van der Waals surface area contributed by atoms with Gasteiger partial charge in [-0.25, -0.2) is 9.97 Å². The summed E-state index contributed by atoms with van der Waals surface area (Å²) in [6.07, 6.45) is 11.7. The second-order valence-electron chi connectivity index (χ2n) is 8.91. The molecule has 1 aliphatic carbocycles. The fraction of sp³-hybridized carbons (Fsp3) is 0.423. The van der Waals surface area contributed by atoms with Crippen LogP contribution in [0.15, 0.2) is 48.8 Å². The zero-order valence-corrected chi connectivity index (χ0v) is 17.8. The summed E-state index contributed by atoms with van der Waals surface area (Å²) < 4.78 is 0. The average molecular weight is 399 g/mol. The van der Waals surface area contributed by atoms with Gasteiger partial charge in [-0.15, -0.1) is 0 Å². The zero-order chi connectivity index (χ0) is 20.3. The van der Waals surface area contributed by atoms with Crippen molar-refractivity contribution in [2.45, 2.75) is 64.5 Å². The van der Waals surface area contributed by atoms with E-state index < -0.39 is 0 Å². The van der Waals surface area contributed by atoms with Gasteiger partial charge in [-0.3, -0.25) is 9.88 Å². The molecule has 0 amide bonds. The highest BCUT2D eigenvalue weighted by Gasteiger charge is 2.22. The number of aryl methyl sites for hydroxylation is 1. The van der Waals surface area contributed by atoms with Crippen LogP contribution >= 0.6 is 0 Å². The summed E-state index contributed by atoms with van der Waals surface area (Å²) in [6.45, 7) is 5.01. The largest absolute Gasteiger partial charge is 0.294 e. The summed E-state index contributed by atoms with van der Waals surface area (Å²) in [5.74, 6) is 1.68. The molecule has 0 unspecified atom stereocenters. The van der Waals surface area contributed by atoms with Crippen molar-refractivity contribution in [3.05, 3.63) is 77.0 Å². The molecule has 4 heteroatoms. The molecule has 3 heterocycles. The van der Waals surface area contributed by atoms with Gasteiger partial charge in [0.2, 0.25) is 0 Å². The highest BCUT2D eigenvalue weighted by atomic mass is 15.1. The number of nitrogens with zero attached hydrogens (tertiary/aromatic N) is 4. The molecule has 0 atom stereocenters. The van der Waals surface area contributed by atoms with Crippen LogP contribution in [-0.4, -0.2) is 26.4 Å². The van der Waals surface area contributed by atoms with Gasteiger partial charge >= 0.3 is 0 Å². The van der Waals surface area contributed by atoms with E-state index in [1.165, 1.54) is 60.1 Å². The van der Waals surface area contributed by atoms with Crippen LogP contribution in [0.1, 0.15) is 66.2 Å². The molecule has 4 nitrogen and oxygen atoms in total. The van der Waals surface area contributed by atoms with Crippen molar-refractivity contribution in [3.8, 4) is 11.3 Å². The molecule has 0 bridgehead atoms. The van der Waals surface area contributed by atoms with Crippen LogP contribution in [0.25, 0.3) is 11.3 Å². The number of pyridine rings is 1. The molecular weight excluding hydrogens is 368 g/mol. The molecule has 1 saturated carbocycles. The number of hydrogen-bond acceptors (Lipinski definition) is 4. The topological polar surface area (TPSA) is 41.9 Å². The first kappa shape index (κ1) is 19.4. The molecule has 154 valence electrons. The lowest BCUT2D eigenvalue weighted by atomic mass is 9.88. The Morgan fingerprint density at radius 2 is 1.77 bits per heavy atom. The summed E-state index contributed by atoms with van der Waals surface area (Å²) in [5.41, 5.74) is 7.31. The van der Waals surface area contributed by atoms with Crippen molar-refractivity contribution in [2.24, 2.45) is 0 Å². The van der Waals surface area contributed by atoms with Gasteiger partial charge in [-0.1, -0.05) is 55.2 Å². The summed E-state index contributed by atoms with van der Waals surface area (Å²) in [5, 5.41) is 0. The Labute approximate surface area is 179 Å². The lowest BCUT2D eigenvalue weighted by Gasteiger charge is -2.29. The summed E-state index contributed by atoms with van der Waals surface area (Å²) in [6, 6.07) is 12.9. The SMILES string of the molecule is Cc1ccc(-c2ccc(CN3CCc4nc(C5CCCCC5)ncc4C3)cn2)cc1. The van der Waals surface area contributed by atoms with Crippen molar-refractivity contribution in [3.63, 3.8) is 0 Å². The van der Waals surface area contributed by atoms with Crippen LogP contribution in [0.4, 0.5) is 0 Å². The summed E-state index contributed by atoms with van der Waals surface area (Å²) >= 11 is 0. The molecule has 0 N–H and O–H groups in total. The lowest BCUT2D eigenvalue weighted by Crippen LogP contribution is -2.31. The molecule has 2 aliphatic rings. The van der Waals surface area contributed by atoms with Gasteiger partial charge < -0.3 is 0 Å². The van der Waals surface area contributed by atoms with Crippen molar-refractivity contribution < 1.29 is 0 Å². The van der Waals surface area contributed by atoms with E-state index in [9.17, 15) is 0 Å². The van der Waals surface area contributed by atoms with Crippen LogP contribution in [-0.2, 0) is 19.5 Å². The van der Waals surface area contributed by atoms with Gasteiger partial charge in [0.05, 0.1) is 5.69 Å². The third-order valence-electron chi connectivity index (χ3n) is 6.58. The van der Waals surface area contributed by atoms with E-state index in [0.29, 0.717) is 5.92 Å². The molecule has 2 aromatic heterocycles. The Bertz CT molecular complexity index is 989. The Morgan fingerprint density at radius 3 is 2.53 bits per heavy atom. The van der Waals surface area contributed by atoms with Gasteiger partial charge in [0.25, 0.3) is 0 Å². The molecule has 1 aromatic carbocycles. The monoisotopic (exact) mass is 398 g/mol. The highest BCUT2D eigenvalue weighted by molar-refractivity contribution is 5.59. The average Bonchev–Trinajstić information content (AvgIpc) is 2.80. The molecule has 0 radical (unpaired) electrons. The smallest absolute Gasteiger partial charge is 0.131 e. The molecule has 5 rings (SSSR count). The highest BCUT2D eigenvalue weighted by Crippen LogP contribution is 2.31. The van der Waals surface area contributed by atoms with Gasteiger partial charge in [0, 0.05) is 61.2 Å². The van der Waals surface area contributed by atoms with Crippen molar-refractivity contribution in [2.75, 3.05) is 6.54 Å². The molecule has 0 spiro atoms. The van der Waals surface area contributed by atoms with Gasteiger partial charge in [-0.05, 0) is 31.4 Å². The standard InChI is InChI=1S/C26H30N4/c1-19-7-10-21(11-8-19)24-12-9-20(15-27-24)17-30-14-13-25-23(18-30)16-28-26(29-25)22-5-3-2-4-6-22/h7-12,15-16,22H,2-6,13-14,17-18H2,1H3. The maximum Gasteiger partial charge on any atom is 0.131 e. The Kier molecular flexibility index (Phi) is 5.58. The van der Waals surface area contributed by atoms with E-state index >= 15 is 0 Å². The van der Waals surface area contributed by atoms with Crippen LogP contribution < -0.4 is 0 Å². The quantitative estimate of drug-likeness (QED) is 0.586. The maximum absolute atomic E-state index is 4.98. The number of benzene rings is 1. The van der Waals surface area contributed by atoms with E-state index in [-0.39, 0.29) is 0 Å². The van der Waals surface area contributed by atoms with Crippen molar-refractivity contribution in [1.29, 1.82) is 0 Å². The van der Waals surface area contributed by atoms with E-state index in [2.05, 4.69) is 54.4 Å². The Morgan fingerprint density at radius 1 is 0.933 bits per heavy atom. The molecule has 1 aliphatic heterocycles. The molecular formula is C26H30N4. The lowest BCUT2D eigenvalue weighted by molar-refractivity contribution is 0.242. The van der Waals surface area contributed by atoms with Crippen LogP contribution in [0.2, 0.25) is 0 Å². The minimum absolute atomic E-state index is 0.584. The number of fused-ring (bicyclic) bond motifs is 1. The molecule has 0 saturated heterocycles. The third kappa shape index (κ3) is 4.29. The van der Waals surface area contributed by atoms with Crippen molar-refractivity contribution >= 4 is 0 Å². The van der Waals surface area contributed by atoms with E-state index in [1.807, 2.05) is 6.20 Å². The van der Waals surface area contributed by atoms with Crippen LogP contribution in [0.5, 0.6) is 0 Å². The second-order valence-corrected chi connectivity index (χ2v) is 8.91. The van der Waals surface area contributed by atoms with Gasteiger partial charge in [-0.2, -0.15) is 0 Å². The van der Waals surface area contributed by atoms with Crippen LogP contribution in [0, 0.1) is 6.92 Å². The fourth-order valence-corrected chi connectivity index (χ4v) is 4.75. The first-order valence-electron chi connectivity index (χ1n) is 11.3. The Hall–Kier alpha value is -2.59. The summed E-state index contributed by atoms with van der Waals surface area (Å²) in [4.78, 5) is 16.9. The predicted octanol–water partition coefficient (Wildman–Crippen LogP) is 5.45. The van der Waals surface area contributed by atoms with E-state index in [1.54, 1.807) is 0 Å². The zero-order valence-electron chi connectivity index (χ0n) is 17.8. The number of rotatable bonds is 4. The fourth-order valence-electron chi connectivity index (χ4n) is 4.75. The predicted molar refractivity (Wildman–Crippen MR) is 120 cm³/mol. The number of hydrogen-bond donors (Lipinski definition) is 0. The summed E-state index contributed by atoms with van der Waals surface area (Å²) in [7, 11) is 0. The minimum atomic E-state index is 0.584. The molecule has 1 fully saturated rings. The van der Waals surface area contributed by atoms with E-state index in [4.69, 9.17) is 15.0 Å². The van der Waals surface area contributed by atoms with Gasteiger partial charge in [0.15, 0.2) is 0 Å². The molecule has 30 heavy (non-hydrogen) atoms. The maximum atomic E-state index is 4.98. The minimum Gasteiger partial charge on any atom is -0.294 e. The number of aromatic nitrogens is 3. The first-order chi connectivity index (χ1) is 14.7.